The number of fused-ring (bicyclic) bond motifs is 5. The van der Waals surface area contributed by atoms with E-state index in [0.29, 0.717) is 0 Å². The summed E-state index contributed by atoms with van der Waals surface area (Å²) in [4.78, 5) is 0. The first-order valence-electron chi connectivity index (χ1n) is 23.8. The molecule has 0 atom stereocenters. The molecule has 12 aromatic carbocycles. The van der Waals surface area contributed by atoms with Gasteiger partial charge in [-0.15, -0.1) is 0 Å². The van der Waals surface area contributed by atoms with Gasteiger partial charge in [0.1, 0.15) is 0 Å². The molecule has 0 aliphatic carbocycles. The molecule has 1 aromatic heterocycles. The van der Waals surface area contributed by atoms with Crippen molar-refractivity contribution in [1.82, 2.24) is 4.57 Å². The highest BCUT2D eigenvalue weighted by atomic mass is 15.0. The van der Waals surface area contributed by atoms with Crippen LogP contribution in [0.1, 0.15) is 0 Å². The molecule has 0 spiro atoms. The first-order chi connectivity index (χ1) is 34.2. The molecule has 13 aromatic rings. The number of para-hydroxylation sites is 1. The van der Waals surface area contributed by atoms with Crippen molar-refractivity contribution in [1.29, 1.82) is 0 Å². The van der Waals surface area contributed by atoms with Gasteiger partial charge in [0, 0.05) is 16.5 Å². The van der Waals surface area contributed by atoms with Gasteiger partial charge in [-0.05, 0) is 148 Å². The predicted molar refractivity (Wildman–Crippen MR) is 294 cm³/mol. The second kappa shape index (κ2) is 17.0. The second-order valence-electron chi connectivity index (χ2n) is 18.0. The summed E-state index contributed by atoms with van der Waals surface area (Å²) >= 11 is 0. The third-order valence-corrected chi connectivity index (χ3v) is 14.0. The highest BCUT2D eigenvalue weighted by molar-refractivity contribution is 6.22. The maximum atomic E-state index is 2.42. The van der Waals surface area contributed by atoms with Crippen molar-refractivity contribution in [2.75, 3.05) is 0 Å². The maximum Gasteiger partial charge on any atom is 0.0541 e. The number of benzene rings is 12. The zero-order chi connectivity index (χ0) is 45.7. The van der Waals surface area contributed by atoms with Crippen molar-refractivity contribution in [3.63, 3.8) is 0 Å². The molecule has 322 valence electrons. The minimum absolute atomic E-state index is 1.16. The Morgan fingerprint density at radius 2 is 0.435 bits per heavy atom. The lowest BCUT2D eigenvalue weighted by molar-refractivity contribution is 1.18. The van der Waals surface area contributed by atoms with Crippen molar-refractivity contribution < 1.29 is 0 Å². The Kier molecular flexibility index (Phi) is 9.91. The summed E-state index contributed by atoms with van der Waals surface area (Å²) < 4.78 is 2.40. The molecule has 0 fully saturated rings. The van der Waals surface area contributed by atoms with Crippen LogP contribution in [-0.2, 0) is 0 Å². The zero-order valence-corrected chi connectivity index (χ0v) is 37.9. The molecular formula is C68H45N. The van der Waals surface area contributed by atoms with E-state index >= 15 is 0 Å². The molecule has 0 bridgehead atoms. The van der Waals surface area contributed by atoms with E-state index in [1.165, 1.54) is 121 Å². The molecule has 1 heteroatoms. The van der Waals surface area contributed by atoms with Crippen LogP contribution in [0.5, 0.6) is 0 Å². The summed E-state index contributed by atoms with van der Waals surface area (Å²) in [5.74, 6) is 0. The van der Waals surface area contributed by atoms with Crippen LogP contribution in [0.4, 0.5) is 0 Å². The molecule has 1 heterocycles. The molecule has 13 rings (SSSR count). The average Bonchev–Trinajstić information content (AvgIpc) is 3.76. The predicted octanol–water partition coefficient (Wildman–Crippen LogP) is 18.8. The monoisotopic (exact) mass is 875 g/mol. The molecule has 0 N–H and O–H groups in total. The van der Waals surface area contributed by atoms with Gasteiger partial charge in [0.15, 0.2) is 0 Å². The van der Waals surface area contributed by atoms with E-state index in [4.69, 9.17) is 0 Å². The van der Waals surface area contributed by atoms with Crippen LogP contribution in [-0.4, -0.2) is 4.57 Å². The topological polar surface area (TPSA) is 4.93 Å². The van der Waals surface area contributed by atoms with Crippen molar-refractivity contribution in [3.05, 3.63) is 273 Å². The van der Waals surface area contributed by atoms with Gasteiger partial charge in [-0.1, -0.05) is 224 Å². The van der Waals surface area contributed by atoms with Crippen LogP contribution in [0.15, 0.2) is 273 Å². The molecule has 0 aliphatic rings. The van der Waals surface area contributed by atoms with Gasteiger partial charge in [-0.3, -0.25) is 0 Å². The van der Waals surface area contributed by atoms with Gasteiger partial charge in [0.2, 0.25) is 0 Å². The van der Waals surface area contributed by atoms with Gasteiger partial charge in [-0.2, -0.15) is 0 Å². The van der Waals surface area contributed by atoms with E-state index in [-0.39, 0.29) is 0 Å². The van der Waals surface area contributed by atoms with Crippen LogP contribution in [0.3, 0.4) is 0 Å². The lowest BCUT2D eigenvalue weighted by Gasteiger charge is -2.20. The SMILES string of the molecule is c1ccc(-c2ccc(-c3c4ccc(-c5ccccc5)cc4c(-c4ccc(-c5ccc6c(c5)c5cc(-c7ccccc7)ccc5n6-c5ccccc5)cc4)c4ccc(-c5ccccc5)cc34)cc2)cc1. The first-order valence-corrected chi connectivity index (χ1v) is 23.8. The van der Waals surface area contributed by atoms with Crippen LogP contribution < -0.4 is 0 Å². The third-order valence-electron chi connectivity index (χ3n) is 14.0. The van der Waals surface area contributed by atoms with E-state index in [1.807, 2.05) is 0 Å². The molecule has 0 aliphatic heterocycles. The van der Waals surface area contributed by atoms with Crippen molar-refractivity contribution in [2.24, 2.45) is 0 Å². The quantitative estimate of drug-likeness (QED) is 0.134. The first kappa shape index (κ1) is 40.3. The fourth-order valence-corrected chi connectivity index (χ4v) is 10.6. The Balaban J connectivity index is 1.00. The Morgan fingerprint density at radius 3 is 0.812 bits per heavy atom. The summed E-state index contributed by atoms with van der Waals surface area (Å²) in [7, 11) is 0. The Bertz CT molecular complexity index is 3990. The zero-order valence-electron chi connectivity index (χ0n) is 37.9. The molecule has 0 saturated carbocycles. The van der Waals surface area contributed by atoms with Gasteiger partial charge in [-0.25, -0.2) is 0 Å². The Hall–Kier alpha value is -9.04. The summed E-state index contributed by atoms with van der Waals surface area (Å²) in [5.41, 5.74) is 20.4. The standard InChI is InChI=1S/C68H45N/c1-6-16-46(17-7-1)50-26-30-52(31-27-50)67-59-38-34-55(48-20-10-3-11-21-48)45-64(59)68(60-39-35-54(44-63(60)67)47-18-8-2-9-19-47)53-32-28-51(29-33-53)57-37-41-66-62(43-57)61-42-56(49-22-12-4-13-23-49)36-40-65(61)69(66)58-24-14-5-15-25-58/h1-45H. The van der Waals surface area contributed by atoms with E-state index in [1.54, 1.807) is 0 Å². The fourth-order valence-electron chi connectivity index (χ4n) is 10.6. The van der Waals surface area contributed by atoms with Crippen LogP contribution in [0.2, 0.25) is 0 Å². The molecule has 0 saturated heterocycles. The molecular weight excluding hydrogens is 831 g/mol. The Labute approximate surface area is 402 Å². The highest BCUT2D eigenvalue weighted by Gasteiger charge is 2.20. The molecule has 0 amide bonds. The minimum Gasteiger partial charge on any atom is -0.309 e. The van der Waals surface area contributed by atoms with Gasteiger partial charge < -0.3 is 4.57 Å². The van der Waals surface area contributed by atoms with Gasteiger partial charge >= 0.3 is 0 Å². The third kappa shape index (κ3) is 7.20. The second-order valence-corrected chi connectivity index (χ2v) is 18.0. The average molecular weight is 876 g/mol. The summed E-state index contributed by atoms with van der Waals surface area (Å²) in [6, 6.07) is 100. The highest BCUT2D eigenvalue weighted by Crippen LogP contribution is 2.47. The summed E-state index contributed by atoms with van der Waals surface area (Å²) in [6.45, 7) is 0. The Morgan fingerprint density at radius 1 is 0.174 bits per heavy atom. The maximum absolute atomic E-state index is 2.42. The number of rotatable bonds is 8. The number of nitrogens with zero attached hydrogens (tertiary/aromatic N) is 1. The van der Waals surface area contributed by atoms with E-state index in [2.05, 4.69) is 278 Å². The van der Waals surface area contributed by atoms with Gasteiger partial charge in [0.25, 0.3) is 0 Å². The smallest absolute Gasteiger partial charge is 0.0541 e. The van der Waals surface area contributed by atoms with Crippen molar-refractivity contribution in [3.8, 4) is 83.6 Å². The molecule has 0 radical (unpaired) electrons. The lowest BCUT2D eigenvalue weighted by Crippen LogP contribution is -1.93. The fraction of sp³-hybridized carbons (Fsp3) is 0. The van der Waals surface area contributed by atoms with E-state index < -0.39 is 0 Å². The van der Waals surface area contributed by atoms with Crippen LogP contribution in [0, 0.1) is 0 Å². The van der Waals surface area contributed by atoms with Crippen LogP contribution in [0.25, 0.3) is 127 Å². The molecule has 69 heavy (non-hydrogen) atoms. The van der Waals surface area contributed by atoms with Gasteiger partial charge in [0.05, 0.1) is 11.0 Å². The molecule has 0 unspecified atom stereocenters. The summed E-state index contributed by atoms with van der Waals surface area (Å²) in [6.07, 6.45) is 0. The van der Waals surface area contributed by atoms with E-state index in [0.717, 1.165) is 5.69 Å². The van der Waals surface area contributed by atoms with E-state index in [9.17, 15) is 0 Å². The van der Waals surface area contributed by atoms with Crippen molar-refractivity contribution >= 4 is 43.4 Å². The summed E-state index contributed by atoms with van der Waals surface area (Å²) in [5, 5.41) is 7.40. The number of hydrogen-bond donors (Lipinski definition) is 0. The largest absolute Gasteiger partial charge is 0.309 e. The molecule has 1 nitrogen and oxygen atoms in total. The minimum atomic E-state index is 1.16. The number of hydrogen-bond acceptors (Lipinski definition) is 0. The number of aromatic nitrogens is 1. The van der Waals surface area contributed by atoms with Crippen molar-refractivity contribution in [2.45, 2.75) is 0 Å². The van der Waals surface area contributed by atoms with Crippen LogP contribution >= 0.6 is 0 Å². The lowest BCUT2D eigenvalue weighted by atomic mass is 9.83. The normalized spacial score (nSPS) is 11.5.